The van der Waals surface area contributed by atoms with E-state index in [0.717, 1.165) is 0 Å². The van der Waals surface area contributed by atoms with E-state index in [9.17, 15) is 9.59 Å². The summed E-state index contributed by atoms with van der Waals surface area (Å²) in [5.41, 5.74) is 5.92. The molecule has 1 aromatic rings. The number of anilines is 1. The van der Waals surface area contributed by atoms with Crippen LogP contribution in [0, 0.1) is 0 Å². The van der Waals surface area contributed by atoms with E-state index in [1.54, 1.807) is 0 Å². The smallest absolute Gasteiger partial charge is 0.344 e. The molecule has 0 aliphatic heterocycles. The normalized spacial score (nSPS) is 9.63. The van der Waals surface area contributed by atoms with Gasteiger partial charge in [-0.25, -0.2) is 9.59 Å². The number of benzene rings is 1. The molecule has 0 atom stereocenters. The van der Waals surface area contributed by atoms with Gasteiger partial charge < -0.3 is 24.7 Å². The van der Waals surface area contributed by atoms with Gasteiger partial charge in [0.05, 0.1) is 32.6 Å². The average molecular weight is 269 g/mol. The Hall–Kier alpha value is -2.44. The molecule has 0 saturated carbocycles. The molecule has 19 heavy (non-hydrogen) atoms. The molecule has 1 aromatic carbocycles. The highest BCUT2D eigenvalue weighted by atomic mass is 16.6. The lowest BCUT2D eigenvalue weighted by Crippen LogP contribution is -2.16. The third kappa shape index (κ3) is 3.51. The van der Waals surface area contributed by atoms with Crippen molar-refractivity contribution in [2.24, 2.45) is 0 Å². The molecule has 7 heteroatoms. The van der Waals surface area contributed by atoms with Crippen molar-refractivity contribution in [2.45, 2.75) is 0 Å². The van der Waals surface area contributed by atoms with Gasteiger partial charge in [-0.15, -0.1) is 0 Å². The van der Waals surface area contributed by atoms with Crippen molar-refractivity contribution in [1.29, 1.82) is 0 Å². The fraction of sp³-hybridized carbons (Fsp3) is 0.333. The van der Waals surface area contributed by atoms with Crippen LogP contribution < -0.4 is 15.2 Å². The van der Waals surface area contributed by atoms with E-state index in [1.165, 1.54) is 33.5 Å². The largest absolute Gasteiger partial charge is 0.497 e. The molecule has 0 aliphatic rings. The SMILES string of the molecule is COC(=O)COC(=O)c1cc(OC)cc(OC)c1N. The zero-order valence-corrected chi connectivity index (χ0v) is 10.9. The molecule has 0 radical (unpaired) electrons. The highest BCUT2D eigenvalue weighted by Gasteiger charge is 2.18. The first-order valence-corrected chi connectivity index (χ1v) is 5.29. The quantitative estimate of drug-likeness (QED) is 0.618. The van der Waals surface area contributed by atoms with Gasteiger partial charge in [-0.3, -0.25) is 0 Å². The summed E-state index contributed by atoms with van der Waals surface area (Å²) < 4.78 is 19.2. The summed E-state index contributed by atoms with van der Waals surface area (Å²) in [5.74, 6) is -0.762. The molecular weight excluding hydrogens is 254 g/mol. The summed E-state index contributed by atoms with van der Waals surface area (Å²) in [6.45, 7) is -0.492. The second-order valence-electron chi connectivity index (χ2n) is 3.44. The number of hydrogen-bond donors (Lipinski definition) is 1. The van der Waals surface area contributed by atoms with Crippen molar-refractivity contribution in [3.05, 3.63) is 17.7 Å². The van der Waals surface area contributed by atoms with Crippen molar-refractivity contribution in [3.8, 4) is 11.5 Å². The average Bonchev–Trinajstić information content (AvgIpc) is 2.44. The lowest BCUT2D eigenvalue weighted by atomic mass is 10.1. The van der Waals surface area contributed by atoms with Crippen LogP contribution >= 0.6 is 0 Å². The van der Waals surface area contributed by atoms with Crippen LogP contribution in [0.25, 0.3) is 0 Å². The Kier molecular flexibility index (Phi) is 4.99. The van der Waals surface area contributed by atoms with Gasteiger partial charge in [0.2, 0.25) is 0 Å². The summed E-state index contributed by atoms with van der Waals surface area (Å²) in [6.07, 6.45) is 0. The van der Waals surface area contributed by atoms with Gasteiger partial charge in [-0.2, -0.15) is 0 Å². The van der Waals surface area contributed by atoms with Crippen LogP contribution in [0.4, 0.5) is 5.69 Å². The zero-order valence-electron chi connectivity index (χ0n) is 10.9. The molecule has 0 fully saturated rings. The standard InChI is InChI=1S/C12H15NO6/c1-16-7-4-8(11(13)9(5-7)17-2)12(15)19-6-10(14)18-3/h4-5H,6,13H2,1-3H3. The van der Waals surface area contributed by atoms with E-state index in [-0.39, 0.29) is 17.0 Å². The monoisotopic (exact) mass is 269 g/mol. The number of carbonyl (C=O) groups is 2. The minimum absolute atomic E-state index is 0.0557. The van der Waals surface area contributed by atoms with Crippen molar-refractivity contribution in [3.63, 3.8) is 0 Å². The molecule has 0 aromatic heterocycles. The minimum Gasteiger partial charge on any atom is -0.497 e. The van der Waals surface area contributed by atoms with E-state index in [4.69, 9.17) is 19.9 Å². The summed E-state index contributed by atoms with van der Waals surface area (Å²) in [6, 6.07) is 2.93. The number of ether oxygens (including phenoxy) is 4. The van der Waals surface area contributed by atoms with Crippen LogP contribution in [0.15, 0.2) is 12.1 Å². The van der Waals surface area contributed by atoms with Gasteiger partial charge in [0.25, 0.3) is 0 Å². The molecule has 2 N–H and O–H groups in total. The molecule has 0 unspecified atom stereocenters. The highest BCUT2D eigenvalue weighted by molar-refractivity contribution is 5.98. The topological polar surface area (TPSA) is 97.1 Å². The molecule has 7 nitrogen and oxygen atoms in total. The molecule has 0 amide bonds. The Morgan fingerprint density at radius 3 is 2.37 bits per heavy atom. The van der Waals surface area contributed by atoms with Crippen molar-refractivity contribution < 1.29 is 28.5 Å². The Morgan fingerprint density at radius 2 is 1.84 bits per heavy atom. The van der Waals surface area contributed by atoms with Crippen molar-refractivity contribution in [1.82, 2.24) is 0 Å². The van der Waals surface area contributed by atoms with Gasteiger partial charge in [-0.05, 0) is 6.07 Å². The Bertz CT molecular complexity index is 485. The lowest BCUT2D eigenvalue weighted by Gasteiger charge is -2.12. The summed E-state index contributed by atoms with van der Waals surface area (Å²) in [7, 11) is 4.04. The molecule has 1 rings (SSSR count). The van der Waals surface area contributed by atoms with Gasteiger partial charge >= 0.3 is 11.9 Å². The fourth-order valence-electron chi connectivity index (χ4n) is 1.32. The lowest BCUT2D eigenvalue weighted by molar-refractivity contribution is -0.144. The number of carbonyl (C=O) groups excluding carboxylic acids is 2. The van der Waals surface area contributed by atoms with Crippen molar-refractivity contribution >= 4 is 17.6 Å². The molecule has 0 heterocycles. The summed E-state index contributed by atoms with van der Waals surface area (Å²) in [5, 5.41) is 0. The van der Waals surface area contributed by atoms with E-state index in [1.807, 2.05) is 0 Å². The van der Waals surface area contributed by atoms with E-state index in [0.29, 0.717) is 5.75 Å². The second kappa shape index (κ2) is 6.48. The first-order chi connectivity index (χ1) is 9.03. The Balaban J connectivity index is 2.98. The van der Waals surface area contributed by atoms with E-state index < -0.39 is 18.5 Å². The van der Waals surface area contributed by atoms with Crippen LogP contribution in [0.1, 0.15) is 10.4 Å². The van der Waals surface area contributed by atoms with Crippen LogP contribution in [-0.2, 0) is 14.3 Å². The van der Waals surface area contributed by atoms with Crippen LogP contribution in [0.2, 0.25) is 0 Å². The first kappa shape index (κ1) is 14.6. The van der Waals surface area contributed by atoms with Gasteiger partial charge in [-0.1, -0.05) is 0 Å². The summed E-state index contributed by atoms with van der Waals surface area (Å²) >= 11 is 0. The van der Waals surface area contributed by atoms with Crippen molar-refractivity contribution in [2.75, 3.05) is 33.7 Å². The maximum atomic E-state index is 11.8. The molecule has 0 spiro atoms. The predicted molar refractivity (Wildman–Crippen MR) is 66.3 cm³/mol. The maximum Gasteiger partial charge on any atom is 0.344 e. The van der Waals surface area contributed by atoms with Gasteiger partial charge in [0, 0.05) is 6.07 Å². The number of hydrogen-bond acceptors (Lipinski definition) is 7. The molecule has 0 aliphatic carbocycles. The van der Waals surface area contributed by atoms with E-state index >= 15 is 0 Å². The summed E-state index contributed by atoms with van der Waals surface area (Å²) in [4.78, 5) is 22.7. The van der Waals surface area contributed by atoms with Crippen LogP contribution in [0.5, 0.6) is 11.5 Å². The van der Waals surface area contributed by atoms with Crippen LogP contribution in [-0.4, -0.2) is 39.9 Å². The molecule has 0 saturated heterocycles. The predicted octanol–water partition coefficient (Wildman–Crippen LogP) is 0.616. The zero-order chi connectivity index (χ0) is 14.4. The third-order valence-electron chi connectivity index (χ3n) is 2.34. The first-order valence-electron chi connectivity index (χ1n) is 5.29. The molecule has 0 bridgehead atoms. The number of esters is 2. The third-order valence-corrected chi connectivity index (χ3v) is 2.34. The van der Waals surface area contributed by atoms with E-state index in [2.05, 4.69) is 4.74 Å². The minimum atomic E-state index is -0.764. The number of methoxy groups -OCH3 is 3. The molecule has 104 valence electrons. The van der Waals surface area contributed by atoms with Crippen LogP contribution in [0.3, 0.4) is 0 Å². The number of nitrogens with two attached hydrogens (primary N) is 1. The second-order valence-corrected chi connectivity index (χ2v) is 3.44. The number of nitrogen functional groups attached to an aromatic ring is 1. The maximum absolute atomic E-state index is 11.8. The number of rotatable bonds is 5. The molecular formula is C12H15NO6. The Morgan fingerprint density at radius 1 is 1.16 bits per heavy atom. The fourth-order valence-corrected chi connectivity index (χ4v) is 1.32. The van der Waals surface area contributed by atoms with Gasteiger partial charge in [0.1, 0.15) is 11.5 Å². The van der Waals surface area contributed by atoms with Gasteiger partial charge in [0.15, 0.2) is 6.61 Å². The highest BCUT2D eigenvalue weighted by Crippen LogP contribution is 2.31. The Labute approximate surface area is 110 Å².